The van der Waals surface area contributed by atoms with Crippen molar-refractivity contribution in [2.75, 3.05) is 27.4 Å². The maximum absolute atomic E-state index is 13.0. The van der Waals surface area contributed by atoms with E-state index >= 15 is 0 Å². The topological polar surface area (TPSA) is 223 Å². The first-order chi connectivity index (χ1) is 22.0. The Hall–Kier alpha value is -3.51. The molecule has 2 aliphatic rings. The summed E-state index contributed by atoms with van der Waals surface area (Å²) < 4.78 is 38.9. The van der Waals surface area contributed by atoms with E-state index in [9.17, 15) is 40.5 Å². The average Bonchev–Trinajstić information content (AvgIpc) is 3.04. The SMILES string of the molecule is COc1cc(C=CC(=O)OC2C(CO)OC(O)C(OCCc3ccc(O)c(OC)c3)C2OC2OC(C)C(O)C(O)C2O)ccc1O. The lowest BCUT2D eigenvalue weighted by Crippen LogP contribution is -2.65. The zero-order valence-electron chi connectivity index (χ0n) is 25.4. The number of ether oxygens (including phenoxy) is 7. The maximum atomic E-state index is 13.0. The van der Waals surface area contributed by atoms with Crippen LogP contribution in [0.25, 0.3) is 6.08 Å². The van der Waals surface area contributed by atoms with Gasteiger partial charge in [0.15, 0.2) is 41.7 Å². The van der Waals surface area contributed by atoms with E-state index in [1.807, 2.05) is 0 Å². The molecule has 46 heavy (non-hydrogen) atoms. The zero-order chi connectivity index (χ0) is 33.5. The lowest BCUT2D eigenvalue weighted by molar-refractivity contribution is -0.357. The molecule has 0 aliphatic carbocycles. The van der Waals surface area contributed by atoms with Crippen LogP contribution in [-0.2, 0) is 34.9 Å². The van der Waals surface area contributed by atoms with Gasteiger partial charge in [-0.3, -0.25) is 0 Å². The van der Waals surface area contributed by atoms with Crippen molar-refractivity contribution in [1.29, 1.82) is 0 Å². The van der Waals surface area contributed by atoms with E-state index < -0.39 is 74.0 Å². The summed E-state index contributed by atoms with van der Waals surface area (Å²) >= 11 is 0. The van der Waals surface area contributed by atoms with Crippen LogP contribution in [-0.4, -0.2) is 131 Å². The first-order valence-corrected chi connectivity index (χ1v) is 14.5. The fraction of sp³-hybridized carbons (Fsp3) is 0.516. The summed E-state index contributed by atoms with van der Waals surface area (Å²) in [6.45, 7) is 0.684. The van der Waals surface area contributed by atoms with E-state index in [0.29, 0.717) is 11.1 Å². The van der Waals surface area contributed by atoms with Gasteiger partial charge in [0.05, 0.1) is 33.5 Å². The highest BCUT2D eigenvalue weighted by Crippen LogP contribution is 2.33. The molecule has 254 valence electrons. The minimum absolute atomic E-state index is 0.0439. The minimum atomic E-state index is -1.75. The molecule has 2 heterocycles. The van der Waals surface area contributed by atoms with Crippen molar-refractivity contribution < 1.29 is 73.7 Å². The lowest BCUT2D eigenvalue weighted by Gasteiger charge is -2.46. The van der Waals surface area contributed by atoms with Gasteiger partial charge < -0.3 is 68.9 Å². The molecule has 0 amide bonds. The number of phenolic OH excluding ortho intramolecular Hbond substituents is 2. The molecular formula is C31H40O15. The number of aromatic hydroxyl groups is 2. The van der Waals surface area contributed by atoms with Crippen LogP contribution in [0.2, 0.25) is 0 Å². The quantitative estimate of drug-likeness (QED) is 0.114. The Kier molecular flexibility index (Phi) is 12.2. The molecule has 0 spiro atoms. The number of rotatable bonds is 12. The Morgan fingerprint density at radius 2 is 1.54 bits per heavy atom. The van der Waals surface area contributed by atoms with Crippen LogP contribution in [0.4, 0.5) is 0 Å². The molecule has 15 heteroatoms. The number of methoxy groups -OCH3 is 2. The smallest absolute Gasteiger partial charge is 0.331 e. The second kappa shape index (κ2) is 15.9. The number of carbonyl (C=O) groups is 1. The highest BCUT2D eigenvalue weighted by molar-refractivity contribution is 5.87. The fourth-order valence-electron chi connectivity index (χ4n) is 5.12. The van der Waals surface area contributed by atoms with Crippen LogP contribution >= 0.6 is 0 Å². The van der Waals surface area contributed by atoms with Gasteiger partial charge in [-0.25, -0.2) is 4.79 Å². The Morgan fingerprint density at radius 3 is 2.22 bits per heavy atom. The number of esters is 1. The summed E-state index contributed by atoms with van der Waals surface area (Å²) in [5.74, 6) is -0.636. The normalized spacial score (nSPS) is 31.5. The highest BCUT2D eigenvalue weighted by atomic mass is 16.7. The molecule has 0 radical (unpaired) electrons. The van der Waals surface area contributed by atoms with Crippen molar-refractivity contribution in [2.45, 2.75) is 74.8 Å². The number of carbonyl (C=O) groups excluding carboxylic acids is 1. The van der Waals surface area contributed by atoms with Crippen LogP contribution in [0.15, 0.2) is 42.5 Å². The summed E-state index contributed by atoms with van der Waals surface area (Å²) in [6, 6.07) is 9.08. The van der Waals surface area contributed by atoms with Crippen LogP contribution in [0.1, 0.15) is 18.1 Å². The van der Waals surface area contributed by atoms with Crippen LogP contribution in [0.5, 0.6) is 23.0 Å². The highest BCUT2D eigenvalue weighted by Gasteiger charge is 2.52. The average molecular weight is 653 g/mol. The molecule has 10 unspecified atom stereocenters. The van der Waals surface area contributed by atoms with Gasteiger partial charge in [-0.2, -0.15) is 0 Å². The summed E-state index contributed by atoms with van der Waals surface area (Å²) in [5.41, 5.74) is 1.20. The second-order valence-electron chi connectivity index (χ2n) is 10.8. The molecule has 2 saturated heterocycles. The van der Waals surface area contributed by atoms with E-state index in [-0.39, 0.29) is 36.0 Å². The summed E-state index contributed by atoms with van der Waals surface area (Å²) in [6.07, 6.45) is -11.9. The Morgan fingerprint density at radius 1 is 0.870 bits per heavy atom. The van der Waals surface area contributed by atoms with Gasteiger partial charge in [0.25, 0.3) is 0 Å². The largest absolute Gasteiger partial charge is 0.504 e. The van der Waals surface area contributed by atoms with Gasteiger partial charge >= 0.3 is 5.97 Å². The number of benzene rings is 2. The molecule has 2 fully saturated rings. The maximum Gasteiger partial charge on any atom is 0.331 e. The van der Waals surface area contributed by atoms with E-state index in [0.717, 1.165) is 6.08 Å². The van der Waals surface area contributed by atoms with Gasteiger partial charge in [-0.15, -0.1) is 0 Å². The zero-order valence-corrected chi connectivity index (χ0v) is 25.4. The van der Waals surface area contributed by atoms with Gasteiger partial charge in [0.1, 0.15) is 36.6 Å². The number of aliphatic hydroxyl groups excluding tert-OH is 5. The Bertz CT molecular complexity index is 1340. The molecule has 2 aromatic carbocycles. The van der Waals surface area contributed by atoms with Crippen molar-refractivity contribution in [2.24, 2.45) is 0 Å². The third-order valence-electron chi connectivity index (χ3n) is 7.70. The van der Waals surface area contributed by atoms with Crippen molar-refractivity contribution >= 4 is 12.0 Å². The predicted octanol–water partition coefficient (Wildman–Crippen LogP) is -0.410. The summed E-state index contributed by atoms with van der Waals surface area (Å²) in [7, 11) is 2.78. The number of hydrogen-bond acceptors (Lipinski definition) is 15. The molecule has 10 atom stereocenters. The number of aliphatic hydroxyl groups is 5. The molecule has 4 rings (SSSR count). The number of phenols is 2. The molecule has 0 saturated carbocycles. The molecule has 0 aromatic heterocycles. The van der Waals surface area contributed by atoms with Crippen molar-refractivity contribution in [1.82, 2.24) is 0 Å². The fourth-order valence-corrected chi connectivity index (χ4v) is 5.12. The first kappa shape index (κ1) is 35.3. The monoisotopic (exact) mass is 652 g/mol. The van der Waals surface area contributed by atoms with Crippen molar-refractivity contribution in [3.63, 3.8) is 0 Å². The van der Waals surface area contributed by atoms with Crippen LogP contribution in [0.3, 0.4) is 0 Å². The molecule has 2 aromatic rings. The summed E-state index contributed by atoms with van der Waals surface area (Å²) in [4.78, 5) is 13.0. The molecule has 7 N–H and O–H groups in total. The minimum Gasteiger partial charge on any atom is -0.504 e. The van der Waals surface area contributed by atoms with E-state index in [1.165, 1.54) is 51.5 Å². The van der Waals surface area contributed by atoms with Crippen molar-refractivity contribution in [3.05, 3.63) is 53.6 Å². The first-order valence-electron chi connectivity index (χ1n) is 14.5. The predicted molar refractivity (Wildman–Crippen MR) is 157 cm³/mol. The molecule has 15 nitrogen and oxygen atoms in total. The van der Waals surface area contributed by atoms with Gasteiger partial charge in [-0.05, 0) is 54.8 Å². The number of hydrogen-bond donors (Lipinski definition) is 7. The Labute approximate surface area is 264 Å². The molecule has 0 bridgehead atoms. The second-order valence-corrected chi connectivity index (χ2v) is 10.8. The third-order valence-corrected chi connectivity index (χ3v) is 7.70. The standard InChI is InChI=1S/C31H40O15/c1-15-24(36)25(37)26(38)31(43-15)46-28-27(45-23(35)9-6-16-4-7-18(33)20(12-16)40-2)22(14-32)44-30(39)29(28)42-11-10-17-5-8-19(34)21(13-17)41-3/h4-9,12-13,15,22,24-34,36-39H,10-11,14H2,1-3H3. The Balaban J connectivity index is 1.57. The van der Waals surface area contributed by atoms with E-state index in [1.54, 1.807) is 12.1 Å². The van der Waals surface area contributed by atoms with Crippen LogP contribution < -0.4 is 9.47 Å². The lowest BCUT2D eigenvalue weighted by atomic mass is 9.96. The summed E-state index contributed by atoms with van der Waals surface area (Å²) in [5, 5.41) is 71.8. The molecule has 2 aliphatic heterocycles. The molecular weight excluding hydrogens is 612 g/mol. The van der Waals surface area contributed by atoms with Gasteiger partial charge in [0.2, 0.25) is 0 Å². The third kappa shape index (κ3) is 8.25. The van der Waals surface area contributed by atoms with Crippen LogP contribution in [0, 0.1) is 0 Å². The van der Waals surface area contributed by atoms with Gasteiger partial charge in [-0.1, -0.05) is 12.1 Å². The van der Waals surface area contributed by atoms with Crippen molar-refractivity contribution in [3.8, 4) is 23.0 Å². The van der Waals surface area contributed by atoms with E-state index in [4.69, 9.17) is 33.2 Å². The van der Waals surface area contributed by atoms with Gasteiger partial charge in [0, 0.05) is 6.08 Å². The van der Waals surface area contributed by atoms with E-state index in [2.05, 4.69) is 0 Å².